The van der Waals surface area contributed by atoms with Crippen molar-refractivity contribution in [2.24, 2.45) is 5.41 Å². The molecule has 0 bridgehead atoms. The van der Waals surface area contributed by atoms with Crippen molar-refractivity contribution in [1.29, 1.82) is 0 Å². The van der Waals surface area contributed by atoms with Gasteiger partial charge in [0.05, 0.1) is 0 Å². The van der Waals surface area contributed by atoms with Crippen LogP contribution in [0.25, 0.3) is 0 Å². The lowest BCUT2D eigenvalue weighted by molar-refractivity contribution is 0.132. The summed E-state index contributed by atoms with van der Waals surface area (Å²) in [4.78, 5) is 0. The Balaban J connectivity index is 2.40. The minimum absolute atomic E-state index is 0.260. The maximum Gasteiger partial charge on any atom is 0.0437 e. The third-order valence-electron chi connectivity index (χ3n) is 4.68. The molecule has 2 rings (SSSR count). The predicted octanol–water partition coefficient (Wildman–Crippen LogP) is 3.94. The van der Waals surface area contributed by atoms with Crippen LogP contribution in [-0.2, 0) is 0 Å². The summed E-state index contributed by atoms with van der Waals surface area (Å²) >= 11 is 0. The smallest absolute Gasteiger partial charge is 0.0437 e. The van der Waals surface area contributed by atoms with Crippen LogP contribution in [0, 0.1) is 5.41 Å². The highest BCUT2D eigenvalue weighted by atomic mass is 15.0. The summed E-state index contributed by atoms with van der Waals surface area (Å²) in [6.45, 7) is 10.8. The Morgan fingerprint density at radius 2 is 1.94 bits per heavy atom. The fourth-order valence-electron chi connectivity index (χ4n) is 3.51. The molecule has 1 saturated carbocycles. The first-order chi connectivity index (χ1) is 7.53. The van der Waals surface area contributed by atoms with Gasteiger partial charge in [0.2, 0.25) is 0 Å². The van der Waals surface area contributed by atoms with Crippen LogP contribution in [0.2, 0.25) is 0 Å². The first-order valence-corrected chi connectivity index (χ1v) is 6.32. The molecule has 2 aliphatic rings. The molecule has 0 amide bonds. The predicted molar refractivity (Wildman–Crippen MR) is 70.2 cm³/mol. The molecule has 0 aromatic carbocycles. The number of hydrogen-bond donors (Lipinski definition) is 1. The monoisotopic (exact) mass is 217 g/mol. The summed E-state index contributed by atoms with van der Waals surface area (Å²) < 4.78 is 0. The van der Waals surface area contributed by atoms with Gasteiger partial charge in [-0.25, -0.2) is 0 Å². The van der Waals surface area contributed by atoms with Crippen LogP contribution >= 0.6 is 0 Å². The van der Waals surface area contributed by atoms with Crippen LogP contribution < -0.4 is 5.32 Å². The lowest BCUT2D eigenvalue weighted by Crippen LogP contribution is -2.51. The zero-order valence-corrected chi connectivity index (χ0v) is 10.8. The highest BCUT2D eigenvalue weighted by Gasteiger charge is 2.52. The van der Waals surface area contributed by atoms with Crippen LogP contribution in [-0.4, -0.2) is 5.54 Å². The van der Waals surface area contributed by atoms with Gasteiger partial charge in [-0.05, 0) is 32.3 Å². The molecule has 0 spiro atoms. The molecule has 1 heterocycles. The van der Waals surface area contributed by atoms with E-state index in [2.05, 4.69) is 44.8 Å². The fourth-order valence-corrected chi connectivity index (χ4v) is 3.51. The minimum Gasteiger partial charge on any atom is -0.382 e. The lowest BCUT2D eigenvalue weighted by atomic mass is 9.61. The van der Waals surface area contributed by atoms with Crippen molar-refractivity contribution < 1.29 is 0 Å². The molecular weight excluding hydrogens is 194 g/mol. The molecule has 1 aliphatic carbocycles. The Morgan fingerprint density at radius 1 is 1.25 bits per heavy atom. The van der Waals surface area contributed by atoms with Crippen molar-refractivity contribution in [1.82, 2.24) is 5.32 Å². The quantitative estimate of drug-likeness (QED) is 0.691. The van der Waals surface area contributed by atoms with Crippen molar-refractivity contribution in [3.8, 4) is 0 Å². The fraction of sp³-hybridized carbons (Fsp3) is 0.600. The average molecular weight is 217 g/mol. The van der Waals surface area contributed by atoms with Gasteiger partial charge >= 0.3 is 0 Å². The molecule has 2 atom stereocenters. The van der Waals surface area contributed by atoms with Crippen molar-refractivity contribution in [2.45, 2.75) is 52.0 Å². The Labute approximate surface area is 99.3 Å². The summed E-state index contributed by atoms with van der Waals surface area (Å²) in [6.07, 6.45) is 11.5. The molecule has 1 fully saturated rings. The number of nitrogens with one attached hydrogen (secondary N) is 1. The Bertz CT molecular complexity index is 364. The zero-order valence-electron chi connectivity index (χ0n) is 10.8. The largest absolute Gasteiger partial charge is 0.382 e. The number of fused-ring (bicyclic) bond motifs is 1. The highest BCUT2D eigenvalue weighted by Crippen LogP contribution is 2.54. The highest BCUT2D eigenvalue weighted by molar-refractivity contribution is 5.41. The summed E-state index contributed by atoms with van der Waals surface area (Å²) in [5.41, 5.74) is 3.39. The molecule has 16 heavy (non-hydrogen) atoms. The maximum atomic E-state index is 3.76. The van der Waals surface area contributed by atoms with Crippen molar-refractivity contribution in [3.63, 3.8) is 0 Å². The minimum atomic E-state index is 0.260. The SMILES string of the molecule is C=C/C=C\C1=C(C)NC2(C)CCCCC12C. The van der Waals surface area contributed by atoms with Crippen LogP contribution in [0.1, 0.15) is 46.5 Å². The van der Waals surface area contributed by atoms with Crippen LogP contribution in [0.15, 0.2) is 36.1 Å². The van der Waals surface area contributed by atoms with Crippen LogP contribution in [0.5, 0.6) is 0 Å². The normalized spacial score (nSPS) is 38.7. The zero-order chi connectivity index (χ0) is 11.8. The first-order valence-electron chi connectivity index (χ1n) is 6.32. The average Bonchev–Trinajstić information content (AvgIpc) is 2.43. The van der Waals surface area contributed by atoms with Gasteiger partial charge in [0.15, 0.2) is 0 Å². The molecule has 88 valence electrons. The summed E-state index contributed by atoms with van der Waals surface area (Å²) in [6, 6.07) is 0. The Kier molecular flexibility index (Phi) is 2.73. The van der Waals surface area contributed by atoms with Crippen molar-refractivity contribution in [3.05, 3.63) is 36.1 Å². The molecule has 2 unspecified atom stereocenters. The second-order valence-corrected chi connectivity index (χ2v) is 5.63. The molecule has 1 nitrogen and oxygen atoms in total. The Hall–Kier alpha value is -0.980. The number of hydrogen-bond acceptors (Lipinski definition) is 1. The molecule has 0 radical (unpaired) electrons. The van der Waals surface area contributed by atoms with E-state index in [1.807, 2.05) is 6.08 Å². The van der Waals surface area contributed by atoms with E-state index in [-0.39, 0.29) is 5.54 Å². The van der Waals surface area contributed by atoms with Crippen molar-refractivity contribution >= 4 is 0 Å². The third-order valence-corrected chi connectivity index (χ3v) is 4.68. The molecule has 0 aromatic heterocycles. The molecule has 1 aliphatic heterocycles. The number of allylic oxidation sites excluding steroid dienone is 4. The third kappa shape index (κ3) is 1.45. The van der Waals surface area contributed by atoms with Gasteiger partial charge in [-0.15, -0.1) is 0 Å². The molecule has 0 saturated heterocycles. The van der Waals surface area contributed by atoms with E-state index in [0.29, 0.717) is 5.41 Å². The lowest BCUT2D eigenvalue weighted by Gasteiger charge is -2.46. The van der Waals surface area contributed by atoms with E-state index in [1.165, 1.54) is 37.0 Å². The maximum absolute atomic E-state index is 3.76. The van der Waals surface area contributed by atoms with E-state index in [0.717, 1.165) is 0 Å². The van der Waals surface area contributed by atoms with Gasteiger partial charge < -0.3 is 5.32 Å². The van der Waals surface area contributed by atoms with E-state index in [1.54, 1.807) is 0 Å². The molecule has 0 aromatic rings. The topological polar surface area (TPSA) is 12.0 Å². The second-order valence-electron chi connectivity index (χ2n) is 5.63. The van der Waals surface area contributed by atoms with Gasteiger partial charge in [-0.1, -0.05) is 44.6 Å². The van der Waals surface area contributed by atoms with Gasteiger partial charge in [0.1, 0.15) is 0 Å². The molecule has 1 N–H and O–H groups in total. The van der Waals surface area contributed by atoms with E-state index in [4.69, 9.17) is 0 Å². The van der Waals surface area contributed by atoms with Gasteiger partial charge in [-0.3, -0.25) is 0 Å². The van der Waals surface area contributed by atoms with Crippen molar-refractivity contribution in [2.75, 3.05) is 0 Å². The Morgan fingerprint density at radius 3 is 2.62 bits per heavy atom. The van der Waals surface area contributed by atoms with E-state index < -0.39 is 0 Å². The van der Waals surface area contributed by atoms with Gasteiger partial charge in [0.25, 0.3) is 0 Å². The van der Waals surface area contributed by atoms with Gasteiger partial charge in [-0.2, -0.15) is 0 Å². The molecule has 1 heteroatoms. The summed E-state index contributed by atoms with van der Waals surface area (Å²) in [5.74, 6) is 0. The standard InChI is InChI=1S/C15H23N/c1-5-6-9-13-12(2)16-15(4)11-8-7-10-14(13,15)3/h5-6,9,16H,1,7-8,10-11H2,2-4H3/b9-6-. The first kappa shape index (κ1) is 11.5. The van der Waals surface area contributed by atoms with Gasteiger partial charge in [0, 0.05) is 16.7 Å². The van der Waals surface area contributed by atoms with E-state index >= 15 is 0 Å². The summed E-state index contributed by atoms with van der Waals surface area (Å²) in [7, 11) is 0. The number of rotatable bonds is 2. The van der Waals surface area contributed by atoms with E-state index in [9.17, 15) is 0 Å². The second kappa shape index (κ2) is 3.80. The van der Waals surface area contributed by atoms with Crippen LogP contribution in [0.4, 0.5) is 0 Å². The molecular formula is C15H23N. The summed E-state index contributed by atoms with van der Waals surface area (Å²) in [5, 5.41) is 3.73. The van der Waals surface area contributed by atoms with Crippen LogP contribution in [0.3, 0.4) is 0 Å².